The van der Waals surface area contributed by atoms with Gasteiger partial charge in [-0.3, -0.25) is 0 Å². The van der Waals surface area contributed by atoms with Gasteiger partial charge in [0.2, 0.25) is 0 Å². The Bertz CT molecular complexity index is 327. The third-order valence-corrected chi connectivity index (χ3v) is 3.67. The lowest BCUT2D eigenvalue weighted by atomic mass is 10.1. The van der Waals surface area contributed by atoms with Gasteiger partial charge in [0.25, 0.3) is 0 Å². The van der Waals surface area contributed by atoms with Gasteiger partial charge in [0.15, 0.2) is 11.8 Å². The van der Waals surface area contributed by atoms with Crippen LogP contribution in [0.1, 0.15) is 34.6 Å². The van der Waals surface area contributed by atoms with E-state index in [2.05, 4.69) is 44.6 Å². The molecule has 0 N–H and O–H groups in total. The van der Waals surface area contributed by atoms with E-state index in [0.717, 1.165) is 11.8 Å². The summed E-state index contributed by atoms with van der Waals surface area (Å²) in [5.74, 6) is 2.67. The Morgan fingerprint density at radius 1 is 0.833 bits per heavy atom. The summed E-state index contributed by atoms with van der Waals surface area (Å²) >= 11 is 0. The van der Waals surface area contributed by atoms with Crippen molar-refractivity contribution in [2.24, 2.45) is 27.7 Å². The first-order valence-electron chi connectivity index (χ1n) is 6.90. The van der Waals surface area contributed by atoms with Gasteiger partial charge in [-0.2, -0.15) is 0 Å². The minimum absolute atomic E-state index is 0.0532. The molecule has 0 aliphatic carbocycles. The van der Waals surface area contributed by atoms with Crippen molar-refractivity contribution in [3.8, 4) is 0 Å². The van der Waals surface area contributed by atoms with Gasteiger partial charge in [0.1, 0.15) is 19.1 Å². The predicted octanol–water partition coefficient (Wildman–Crippen LogP) is 2.53. The summed E-state index contributed by atoms with van der Waals surface area (Å²) in [6.07, 6.45) is 0. The Kier molecular flexibility index (Phi) is 3.93. The summed E-state index contributed by atoms with van der Waals surface area (Å²) in [7, 11) is 0. The Hall–Kier alpha value is -1.06. The highest BCUT2D eigenvalue weighted by Gasteiger charge is 2.32. The van der Waals surface area contributed by atoms with Crippen LogP contribution >= 0.6 is 0 Å². The lowest BCUT2D eigenvalue weighted by Crippen LogP contribution is -2.21. The third-order valence-electron chi connectivity index (χ3n) is 3.67. The molecule has 0 radical (unpaired) electrons. The van der Waals surface area contributed by atoms with Crippen LogP contribution in [0.2, 0.25) is 0 Å². The number of hydrogen-bond acceptors (Lipinski definition) is 4. The zero-order valence-corrected chi connectivity index (χ0v) is 12.0. The first-order chi connectivity index (χ1) is 8.49. The maximum Gasteiger partial charge on any atom is 0.196 e. The van der Waals surface area contributed by atoms with Crippen molar-refractivity contribution in [3.63, 3.8) is 0 Å². The molecular weight excluding hydrogens is 228 g/mol. The van der Waals surface area contributed by atoms with Gasteiger partial charge in [-0.25, -0.2) is 9.98 Å². The van der Waals surface area contributed by atoms with Gasteiger partial charge < -0.3 is 9.47 Å². The van der Waals surface area contributed by atoms with Crippen LogP contribution in [0.5, 0.6) is 0 Å². The van der Waals surface area contributed by atoms with E-state index in [4.69, 9.17) is 9.47 Å². The first-order valence-corrected chi connectivity index (χ1v) is 6.90. The predicted molar refractivity (Wildman–Crippen MR) is 73.2 cm³/mol. The van der Waals surface area contributed by atoms with Gasteiger partial charge in [-0.05, 0) is 18.8 Å². The monoisotopic (exact) mass is 252 g/mol. The molecule has 0 aromatic heterocycles. The van der Waals surface area contributed by atoms with Crippen molar-refractivity contribution in [2.45, 2.75) is 46.7 Å². The van der Waals surface area contributed by atoms with Crippen LogP contribution in [0.25, 0.3) is 0 Å². The lowest BCUT2D eigenvalue weighted by Gasteiger charge is -2.10. The summed E-state index contributed by atoms with van der Waals surface area (Å²) in [6.45, 7) is 12.1. The molecule has 2 aliphatic heterocycles. The van der Waals surface area contributed by atoms with E-state index in [9.17, 15) is 0 Å². The second kappa shape index (κ2) is 5.29. The number of rotatable bonds is 4. The molecular formula is C14H24N2O2. The highest BCUT2D eigenvalue weighted by atomic mass is 16.5. The van der Waals surface area contributed by atoms with Crippen LogP contribution in [0.4, 0.5) is 0 Å². The van der Waals surface area contributed by atoms with Crippen LogP contribution in [0.3, 0.4) is 0 Å². The molecule has 0 aromatic carbocycles. The van der Waals surface area contributed by atoms with Crippen molar-refractivity contribution < 1.29 is 9.47 Å². The summed E-state index contributed by atoms with van der Waals surface area (Å²) in [5, 5.41) is 0. The standard InChI is InChI=1S/C14H24N2O2/c1-8(2)11-6-17-13(15-11)10(5)14-16-12(7-18-14)9(3)4/h8-12H,6-7H2,1-5H3/t10?,11-,12?/m1/s1. The normalized spacial score (nSPS) is 29.1. The molecule has 18 heavy (non-hydrogen) atoms. The molecule has 102 valence electrons. The number of aliphatic imine (C=N–C) groups is 2. The van der Waals surface area contributed by atoms with Crippen LogP contribution in [-0.2, 0) is 9.47 Å². The van der Waals surface area contributed by atoms with Crippen LogP contribution in [0.15, 0.2) is 9.98 Å². The highest BCUT2D eigenvalue weighted by Crippen LogP contribution is 2.22. The van der Waals surface area contributed by atoms with E-state index in [-0.39, 0.29) is 18.0 Å². The Morgan fingerprint density at radius 2 is 1.22 bits per heavy atom. The van der Waals surface area contributed by atoms with Crippen LogP contribution in [0, 0.1) is 17.8 Å². The molecule has 2 unspecified atom stereocenters. The Morgan fingerprint density at radius 3 is 1.50 bits per heavy atom. The van der Waals surface area contributed by atoms with Crippen molar-refractivity contribution in [3.05, 3.63) is 0 Å². The fraction of sp³-hybridized carbons (Fsp3) is 0.857. The van der Waals surface area contributed by atoms with Crippen LogP contribution < -0.4 is 0 Å². The maximum absolute atomic E-state index is 5.69. The average molecular weight is 252 g/mol. The molecule has 0 fully saturated rings. The second-order valence-corrected chi connectivity index (χ2v) is 5.90. The smallest absolute Gasteiger partial charge is 0.196 e. The molecule has 0 spiro atoms. The Labute approximate surface area is 109 Å². The largest absolute Gasteiger partial charge is 0.478 e. The molecule has 0 bridgehead atoms. The van der Waals surface area contributed by atoms with E-state index in [1.807, 2.05) is 0 Å². The minimum Gasteiger partial charge on any atom is -0.478 e. The molecule has 3 atom stereocenters. The lowest BCUT2D eigenvalue weighted by molar-refractivity contribution is 0.267. The molecule has 2 rings (SSSR count). The fourth-order valence-corrected chi connectivity index (χ4v) is 2.08. The topological polar surface area (TPSA) is 43.2 Å². The van der Waals surface area contributed by atoms with Gasteiger partial charge in [-0.15, -0.1) is 0 Å². The zero-order valence-electron chi connectivity index (χ0n) is 12.0. The maximum atomic E-state index is 5.69. The van der Waals surface area contributed by atoms with Crippen molar-refractivity contribution in [2.75, 3.05) is 13.2 Å². The quantitative estimate of drug-likeness (QED) is 0.771. The van der Waals surface area contributed by atoms with E-state index < -0.39 is 0 Å². The number of hydrogen-bond donors (Lipinski definition) is 0. The van der Waals surface area contributed by atoms with E-state index in [0.29, 0.717) is 25.0 Å². The summed E-state index contributed by atoms with van der Waals surface area (Å²) in [4.78, 5) is 9.27. The molecule has 2 heterocycles. The molecule has 4 heteroatoms. The van der Waals surface area contributed by atoms with Crippen molar-refractivity contribution in [1.29, 1.82) is 0 Å². The fourth-order valence-electron chi connectivity index (χ4n) is 2.08. The summed E-state index contributed by atoms with van der Waals surface area (Å²) in [5.41, 5.74) is 0. The first kappa shape index (κ1) is 13.4. The Balaban J connectivity index is 2.03. The highest BCUT2D eigenvalue weighted by molar-refractivity contribution is 6.01. The van der Waals surface area contributed by atoms with E-state index in [1.54, 1.807) is 0 Å². The third kappa shape index (κ3) is 2.68. The summed E-state index contributed by atoms with van der Waals surface area (Å²) in [6, 6.07) is 0.565. The van der Waals surface area contributed by atoms with Gasteiger partial charge in [0, 0.05) is 0 Å². The number of ether oxygens (including phenoxy) is 2. The zero-order chi connectivity index (χ0) is 13.3. The molecule has 0 aromatic rings. The summed E-state index contributed by atoms with van der Waals surface area (Å²) < 4.78 is 11.4. The second-order valence-electron chi connectivity index (χ2n) is 5.90. The SMILES string of the molecule is CC(C1=NC(C(C)C)CO1)C1=N[C@@H](C(C)C)CO1. The van der Waals surface area contributed by atoms with E-state index >= 15 is 0 Å². The molecule has 0 amide bonds. The number of nitrogens with zero attached hydrogens (tertiary/aromatic N) is 2. The molecule has 0 saturated heterocycles. The molecule has 4 nitrogen and oxygen atoms in total. The minimum atomic E-state index is 0.0532. The van der Waals surface area contributed by atoms with Crippen molar-refractivity contribution in [1.82, 2.24) is 0 Å². The van der Waals surface area contributed by atoms with E-state index in [1.165, 1.54) is 0 Å². The van der Waals surface area contributed by atoms with Crippen molar-refractivity contribution >= 4 is 11.8 Å². The molecule has 0 saturated carbocycles. The average Bonchev–Trinajstić information content (AvgIpc) is 2.97. The van der Waals surface area contributed by atoms with Gasteiger partial charge >= 0.3 is 0 Å². The van der Waals surface area contributed by atoms with Gasteiger partial charge in [0.05, 0.1) is 12.1 Å². The van der Waals surface area contributed by atoms with Gasteiger partial charge in [-0.1, -0.05) is 27.7 Å². The van der Waals surface area contributed by atoms with Crippen LogP contribution in [-0.4, -0.2) is 37.1 Å². The molecule has 2 aliphatic rings.